The molecule has 1 atom stereocenters. The van der Waals surface area contributed by atoms with Crippen LogP contribution in [-0.2, 0) is 0 Å². The number of hydrogen-bond acceptors (Lipinski definition) is 5. The minimum atomic E-state index is 0.536. The number of aromatic nitrogens is 2. The standard InChI is InChI=1S/C14H20N4S/c1-10(2)15-8-11-4-3-6-18(11)13-12-5-7-19-14(12)17-9-16-13/h5,7,9-11,15H,3-4,6,8H2,1-2H3. The van der Waals surface area contributed by atoms with Gasteiger partial charge in [-0.1, -0.05) is 13.8 Å². The molecule has 102 valence electrons. The van der Waals surface area contributed by atoms with E-state index in [0.29, 0.717) is 12.1 Å². The van der Waals surface area contributed by atoms with Crippen molar-refractivity contribution in [3.05, 3.63) is 17.8 Å². The normalized spacial score (nSPS) is 19.7. The Morgan fingerprint density at radius 1 is 1.47 bits per heavy atom. The van der Waals surface area contributed by atoms with E-state index in [2.05, 4.69) is 45.5 Å². The minimum Gasteiger partial charge on any atom is -0.352 e. The van der Waals surface area contributed by atoms with Gasteiger partial charge in [-0.3, -0.25) is 0 Å². The Labute approximate surface area is 117 Å². The Balaban J connectivity index is 1.85. The molecule has 2 aromatic heterocycles. The maximum Gasteiger partial charge on any atom is 0.141 e. The summed E-state index contributed by atoms with van der Waals surface area (Å²) in [5.41, 5.74) is 0. The first-order valence-electron chi connectivity index (χ1n) is 6.94. The topological polar surface area (TPSA) is 41.0 Å². The van der Waals surface area contributed by atoms with Gasteiger partial charge in [0, 0.05) is 25.2 Å². The van der Waals surface area contributed by atoms with Crippen molar-refractivity contribution in [1.29, 1.82) is 0 Å². The van der Waals surface area contributed by atoms with E-state index in [4.69, 9.17) is 0 Å². The van der Waals surface area contributed by atoms with E-state index in [1.165, 1.54) is 18.2 Å². The lowest BCUT2D eigenvalue weighted by atomic mass is 10.2. The number of fused-ring (bicyclic) bond motifs is 1. The van der Waals surface area contributed by atoms with Crippen LogP contribution in [0.4, 0.5) is 5.82 Å². The highest BCUT2D eigenvalue weighted by Crippen LogP contribution is 2.31. The summed E-state index contributed by atoms with van der Waals surface area (Å²) in [4.78, 5) is 12.4. The first-order chi connectivity index (χ1) is 9.25. The highest BCUT2D eigenvalue weighted by Gasteiger charge is 2.27. The molecule has 1 N–H and O–H groups in total. The molecule has 0 aliphatic carbocycles. The third-order valence-corrected chi connectivity index (χ3v) is 4.47. The summed E-state index contributed by atoms with van der Waals surface area (Å²) in [7, 11) is 0. The maximum atomic E-state index is 4.53. The lowest BCUT2D eigenvalue weighted by molar-refractivity contribution is 0.523. The minimum absolute atomic E-state index is 0.536. The highest BCUT2D eigenvalue weighted by molar-refractivity contribution is 7.16. The second kappa shape index (κ2) is 5.43. The van der Waals surface area contributed by atoms with E-state index >= 15 is 0 Å². The molecule has 3 rings (SSSR count). The Morgan fingerprint density at radius 3 is 3.21 bits per heavy atom. The second-order valence-corrected chi connectivity index (χ2v) is 6.28. The number of nitrogens with zero attached hydrogens (tertiary/aromatic N) is 3. The van der Waals surface area contributed by atoms with Gasteiger partial charge in [-0.05, 0) is 24.3 Å². The van der Waals surface area contributed by atoms with E-state index in [1.807, 2.05) is 0 Å². The lowest BCUT2D eigenvalue weighted by Crippen LogP contribution is -2.40. The Morgan fingerprint density at radius 2 is 2.37 bits per heavy atom. The molecule has 0 bridgehead atoms. The molecule has 1 aliphatic rings. The monoisotopic (exact) mass is 276 g/mol. The van der Waals surface area contributed by atoms with Crippen molar-refractivity contribution in [1.82, 2.24) is 15.3 Å². The molecular formula is C14H20N4S. The van der Waals surface area contributed by atoms with Gasteiger partial charge in [0.15, 0.2) is 0 Å². The van der Waals surface area contributed by atoms with E-state index in [-0.39, 0.29) is 0 Å². The number of anilines is 1. The summed E-state index contributed by atoms with van der Waals surface area (Å²) in [5, 5.41) is 6.84. The van der Waals surface area contributed by atoms with Crippen LogP contribution < -0.4 is 10.2 Å². The highest BCUT2D eigenvalue weighted by atomic mass is 32.1. The maximum absolute atomic E-state index is 4.53. The van der Waals surface area contributed by atoms with Crippen molar-refractivity contribution < 1.29 is 0 Å². The molecule has 4 nitrogen and oxygen atoms in total. The van der Waals surface area contributed by atoms with Crippen molar-refractivity contribution in [2.24, 2.45) is 0 Å². The van der Waals surface area contributed by atoms with Crippen LogP contribution in [0.1, 0.15) is 26.7 Å². The number of rotatable bonds is 4. The molecule has 0 radical (unpaired) electrons. The molecule has 0 aromatic carbocycles. The molecule has 0 saturated carbocycles. The predicted octanol–water partition coefficient (Wildman–Crippen LogP) is 2.66. The molecule has 19 heavy (non-hydrogen) atoms. The van der Waals surface area contributed by atoms with Gasteiger partial charge in [0.2, 0.25) is 0 Å². The third kappa shape index (κ3) is 2.58. The zero-order valence-electron chi connectivity index (χ0n) is 11.5. The fourth-order valence-electron chi connectivity index (χ4n) is 2.70. The summed E-state index contributed by atoms with van der Waals surface area (Å²) in [5.74, 6) is 1.11. The smallest absolute Gasteiger partial charge is 0.141 e. The van der Waals surface area contributed by atoms with Gasteiger partial charge in [-0.25, -0.2) is 9.97 Å². The third-order valence-electron chi connectivity index (χ3n) is 3.65. The van der Waals surface area contributed by atoms with Crippen molar-refractivity contribution in [2.75, 3.05) is 18.0 Å². The fraction of sp³-hybridized carbons (Fsp3) is 0.571. The lowest BCUT2D eigenvalue weighted by Gasteiger charge is -2.27. The number of hydrogen-bond donors (Lipinski definition) is 1. The largest absolute Gasteiger partial charge is 0.352 e. The average molecular weight is 276 g/mol. The Bertz CT molecular complexity index is 551. The number of thiophene rings is 1. The quantitative estimate of drug-likeness (QED) is 0.932. The van der Waals surface area contributed by atoms with Crippen LogP contribution in [0.2, 0.25) is 0 Å². The molecule has 1 fully saturated rings. The molecule has 3 heterocycles. The molecular weight excluding hydrogens is 256 g/mol. The summed E-state index contributed by atoms with van der Waals surface area (Å²) >= 11 is 1.69. The molecule has 0 amide bonds. The molecule has 1 aliphatic heterocycles. The van der Waals surface area contributed by atoms with Gasteiger partial charge < -0.3 is 10.2 Å². The van der Waals surface area contributed by atoms with Crippen molar-refractivity contribution in [3.8, 4) is 0 Å². The van der Waals surface area contributed by atoms with Gasteiger partial charge in [0.05, 0.1) is 5.39 Å². The predicted molar refractivity (Wildman–Crippen MR) is 80.9 cm³/mol. The van der Waals surface area contributed by atoms with Gasteiger partial charge in [-0.2, -0.15) is 0 Å². The fourth-order valence-corrected chi connectivity index (χ4v) is 3.43. The van der Waals surface area contributed by atoms with Crippen molar-refractivity contribution in [2.45, 2.75) is 38.8 Å². The molecule has 5 heteroatoms. The molecule has 1 saturated heterocycles. The summed E-state index contributed by atoms with van der Waals surface area (Å²) in [6.07, 6.45) is 4.19. The Hall–Kier alpha value is -1.20. The SMILES string of the molecule is CC(C)NCC1CCCN1c1ncnc2sccc12. The first kappa shape index (κ1) is 12.8. The van der Waals surface area contributed by atoms with Crippen molar-refractivity contribution >= 4 is 27.4 Å². The van der Waals surface area contributed by atoms with Gasteiger partial charge in [-0.15, -0.1) is 11.3 Å². The van der Waals surface area contributed by atoms with Crippen LogP contribution in [0.15, 0.2) is 17.8 Å². The summed E-state index contributed by atoms with van der Waals surface area (Å²) in [6, 6.07) is 3.23. The zero-order valence-corrected chi connectivity index (χ0v) is 12.3. The summed E-state index contributed by atoms with van der Waals surface area (Å²) in [6.45, 7) is 6.53. The van der Waals surface area contributed by atoms with Gasteiger partial charge >= 0.3 is 0 Å². The first-order valence-corrected chi connectivity index (χ1v) is 7.82. The van der Waals surface area contributed by atoms with E-state index in [1.54, 1.807) is 17.7 Å². The van der Waals surface area contributed by atoms with E-state index < -0.39 is 0 Å². The van der Waals surface area contributed by atoms with Crippen LogP contribution >= 0.6 is 11.3 Å². The number of nitrogens with one attached hydrogen (secondary N) is 1. The summed E-state index contributed by atoms with van der Waals surface area (Å²) < 4.78 is 0. The van der Waals surface area contributed by atoms with Crippen LogP contribution in [-0.4, -0.2) is 35.1 Å². The van der Waals surface area contributed by atoms with Crippen LogP contribution in [0, 0.1) is 0 Å². The van der Waals surface area contributed by atoms with E-state index in [0.717, 1.165) is 23.7 Å². The second-order valence-electron chi connectivity index (χ2n) is 5.39. The van der Waals surface area contributed by atoms with Crippen LogP contribution in [0.3, 0.4) is 0 Å². The molecule has 0 spiro atoms. The molecule has 1 unspecified atom stereocenters. The van der Waals surface area contributed by atoms with Crippen molar-refractivity contribution in [3.63, 3.8) is 0 Å². The van der Waals surface area contributed by atoms with Gasteiger partial charge in [0.25, 0.3) is 0 Å². The van der Waals surface area contributed by atoms with Crippen LogP contribution in [0.5, 0.6) is 0 Å². The van der Waals surface area contributed by atoms with Crippen LogP contribution in [0.25, 0.3) is 10.2 Å². The molecule has 2 aromatic rings. The van der Waals surface area contributed by atoms with Gasteiger partial charge in [0.1, 0.15) is 17.0 Å². The average Bonchev–Trinajstić information content (AvgIpc) is 3.04. The van der Waals surface area contributed by atoms with E-state index in [9.17, 15) is 0 Å². The zero-order chi connectivity index (χ0) is 13.2. The Kier molecular flexibility index (Phi) is 3.66.